The first-order valence-electron chi connectivity index (χ1n) is 13.3. The molecule has 1 aromatic carbocycles. The summed E-state index contributed by atoms with van der Waals surface area (Å²) in [7, 11) is -7.85. The first kappa shape index (κ1) is 26.2. The summed E-state index contributed by atoms with van der Waals surface area (Å²) in [5.41, 5.74) is 0.973. The topological polar surface area (TPSA) is 142 Å². The van der Waals surface area contributed by atoms with Gasteiger partial charge in [-0.15, -0.1) is 15.7 Å². The average molecular weight is 607 g/mol. The summed E-state index contributed by atoms with van der Waals surface area (Å²) in [5.74, 6) is -2.93. The van der Waals surface area contributed by atoms with E-state index in [1.165, 1.54) is 12.1 Å². The summed E-state index contributed by atoms with van der Waals surface area (Å²) in [6, 6.07) is 5.58. The monoisotopic (exact) mass is 606 g/mol. The van der Waals surface area contributed by atoms with Crippen LogP contribution < -0.4 is 10.0 Å². The van der Waals surface area contributed by atoms with Gasteiger partial charge in [0, 0.05) is 30.6 Å². The zero-order valence-electron chi connectivity index (χ0n) is 21.2. The summed E-state index contributed by atoms with van der Waals surface area (Å²) >= 11 is 1.06. The molecule has 1 amide bonds. The minimum Gasteiger partial charge on any atom is -0.333 e. The molecule has 2 N–H and O–H groups in total. The molecule has 1 aromatic heterocycles. The molecule has 3 aliphatic carbocycles. The van der Waals surface area contributed by atoms with E-state index in [-0.39, 0.29) is 58.0 Å². The Morgan fingerprint density at radius 2 is 1.82 bits per heavy atom. The Balaban J connectivity index is 1.21. The lowest BCUT2D eigenvalue weighted by molar-refractivity contribution is -0.153. The number of hydrogen-bond donors (Lipinski definition) is 2. The summed E-state index contributed by atoms with van der Waals surface area (Å²) in [5, 5.41) is 4.24. The van der Waals surface area contributed by atoms with E-state index in [0.29, 0.717) is 12.8 Å². The number of amides is 1. The number of hydrogen-bond acceptors (Lipinski definition) is 8. The smallest absolute Gasteiger partial charge is 0.287 e. The number of anilines is 1. The first-order chi connectivity index (χ1) is 19.0. The van der Waals surface area contributed by atoms with Crippen LogP contribution in [-0.2, 0) is 42.7 Å². The van der Waals surface area contributed by atoms with Crippen molar-refractivity contribution in [1.29, 1.82) is 0 Å². The molecule has 0 spiro atoms. The van der Waals surface area contributed by atoms with E-state index in [0.717, 1.165) is 36.2 Å². The molecular formula is C26H27FN4O6S3. The predicted octanol–water partition coefficient (Wildman–Crippen LogP) is 2.62. The minimum atomic E-state index is -4.32. The van der Waals surface area contributed by atoms with Crippen LogP contribution in [0.2, 0.25) is 0 Å². The number of nitrogens with zero attached hydrogens (tertiary/aromatic N) is 2. The summed E-state index contributed by atoms with van der Waals surface area (Å²) in [4.78, 5) is 29.4. The number of carbonyl (C=O) groups is 2. The second-order valence-corrected chi connectivity index (χ2v) is 15.8. The number of halogens is 1. The van der Waals surface area contributed by atoms with Gasteiger partial charge in [0.2, 0.25) is 15.9 Å². The Labute approximate surface area is 235 Å². The van der Waals surface area contributed by atoms with Crippen LogP contribution in [0.4, 0.5) is 9.39 Å². The third-order valence-electron chi connectivity index (χ3n) is 8.88. The standard InChI is InChI=1S/C26H27FN4O6S3/c27-17-5-1-13(2-6-17)11-31-21-15-4-3-14(9-15)19(21)22(32)20(26(31)33)24-29-25-23(40(36,37)30-24)16(12-38-25)10-28-39(34,35)18-7-8-18/h1-2,5-6,12,14-15,18-21,28H,3-4,7-11H2,(H,29,30)/t14-,15+,19?,20?,21?/m0/s1. The molecule has 212 valence electrons. The number of Topliss-reactive ketones (excluding diaryl/α,β-unsaturated/α-hetero) is 1. The number of thiophene rings is 1. The lowest BCUT2D eigenvalue weighted by atomic mass is 9.73. The Hall–Kier alpha value is -2.68. The van der Waals surface area contributed by atoms with Gasteiger partial charge in [0.05, 0.1) is 5.25 Å². The van der Waals surface area contributed by atoms with Crippen molar-refractivity contribution in [3.05, 3.63) is 46.6 Å². The largest absolute Gasteiger partial charge is 0.333 e. The van der Waals surface area contributed by atoms with Gasteiger partial charge in [-0.1, -0.05) is 12.1 Å². The molecule has 4 fully saturated rings. The number of ketones is 1. The maximum atomic E-state index is 14.0. The third-order valence-corrected chi connectivity index (χ3v) is 13.3. The molecule has 5 aliphatic rings. The number of fused-ring (bicyclic) bond motifs is 6. The van der Waals surface area contributed by atoms with Crippen molar-refractivity contribution in [2.45, 2.75) is 61.4 Å². The van der Waals surface area contributed by atoms with E-state index in [9.17, 15) is 30.8 Å². The van der Waals surface area contributed by atoms with Crippen LogP contribution >= 0.6 is 11.3 Å². The van der Waals surface area contributed by atoms with Crippen molar-refractivity contribution >= 4 is 53.9 Å². The van der Waals surface area contributed by atoms with Crippen molar-refractivity contribution in [3.63, 3.8) is 0 Å². The number of nitrogens with one attached hydrogen (secondary N) is 2. The van der Waals surface area contributed by atoms with Crippen LogP contribution in [0.1, 0.15) is 43.2 Å². The second kappa shape index (κ2) is 9.16. The van der Waals surface area contributed by atoms with E-state index in [1.807, 2.05) is 0 Å². The van der Waals surface area contributed by atoms with Gasteiger partial charge >= 0.3 is 0 Å². The van der Waals surface area contributed by atoms with Crippen LogP contribution in [0.15, 0.2) is 38.9 Å². The fourth-order valence-electron chi connectivity index (χ4n) is 6.95. The Bertz CT molecular complexity index is 1670. The van der Waals surface area contributed by atoms with Crippen LogP contribution in [0.3, 0.4) is 0 Å². The highest BCUT2D eigenvalue weighted by atomic mass is 32.2. The van der Waals surface area contributed by atoms with E-state index < -0.39 is 48.9 Å². The molecule has 0 radical (unpaired) electrons. The Morgan fingerprint density at radius 3 is 2.55 bits per heavy atom. The van der Waals surface area contributed by atoms with E-state index in [2.05, 4.69) is 14.4 Å². The third kappa shape index (κ3) is 4.22. The van der Waals surface area contributed by atoms with Gasteiger partial charge < -0.3 is 10.2 Å². The van der Waals surface area contributed by atoms with Gasteiger partial charge in [-0.05, 0) is 67.0 Å². The Kier molecular flexibility index (Phi) is 6.01. The Morgan fingerprint density at radius 1 is 1.10 bits per heavy atom. The number of sulfonamides is 2. The highest BCUT2D eigenvalue weighted by molar-refractivity contribution is 7.91. The van der Waals surface area contributed by atoms with E-state index >= 15 is 0 Å². The maximum absolute atomic E-state index is 14.0. The van der Waals surface area contributed by atoms with Crippen molar-refractivity contribution in [2.24, 2.45) is 28.1 Å². The average Bonchev–Trinajstić information content (AvgIpc) is 3.38. The number of carbonyl (C=O) groups excluding carboxylic acids is 2. The van der Waals surface area contributed by atoms with Crippen molar-refractivity contribution in [1.82, 2.24) is 9.62 Å². The van der Waals surface area contributed by atoms with E-state index in [4.69, 9.17) is 0 Å². The van der Waals surface area contributed by atoms with Crippen LogP contribution in [0.25, 0.3) is 0 Å². The zero-order valence-corrected chi connectivity index (χ0v) is 23.7. The van der Waals surface area contributed by atoms with Crippen molar-refractivity contribution < 1.29 is 30.8 Å². The summed E-state index contributed by atoms with van der Waals surface area (Å²) in [6.07, 6.45) is 3.81. The quantitative estimate of drug-likeness (QED) is 0.462. The second-order valence-electron chi connectivity index (χ2n) is 11.3. The van der Waals surface area contributed by atoms with Crippen LogP contribution in [0, 0.1) is 29.5 Å². The highest BCUT2D eigenvalue weighted by Crippen LogP contribution is 2.54. The number of amidine groups is 1. The molecule has 2 bridgehead atoms. The van der Waals surface area contributed by atoms with Crippen LogP contribution in [-0.4, -0.2) is 50.6 Å². The molecule has 40 heavy (non-hydrogen) atoms. The van der Waals surface area contributed by atoms with Gasteiger partial charge in [-0.2, -0.15) is 8.42 Å². The molecule has 14 heteroatoms. The van der Waals surface area contributed by atoms with Crippen LogP contribution in [0.5, 0.6) is 0 Å². The number of likely N-dealkylation sites (tertiary alicyclic amines) is 1. The minimum absolute atomic E-state index is 0.123. The van der Waals surface area contributed by atoms with E-state index in [1.54, 1.807) is 22.4 Å². The fraction of sp³-hybridized carbons (Fsp3) is 0.500. The van der Waals surface area contributed by atoms with Crippen molar-refractivity contribution in [3.8, 4) is 0 Å². The van der Waals surface area contributed by atoms with Crippen molar-refractivity contribution in [2.75, 3.05) is 5.32 Å². The van der Waals surface area contributed by atoms with Gasteiger partial charge in [0.15, 0.2) is 11.7 Å². The lowest BCUT2D eigenvalue weighted by Gasteiger charge is -2.45. The SMILES string of the molecule is O=C1C(C2=NS(=O)(=O)c3c(CNS(=O)(=O)C4CC4)csc3N2)C(=O)N(Cc2ccc(F)cc2)C2C1[C@H]1CC[C@@H]2C1. The fourth-order valence-corrected chi connectivity index (χ4v) is 10.9. The predicted molar refractivity (Wildman–Crippen MR) is 145 cm³/mol. The first-order valence-corrected chi connectivity index (χ1v) is 17.2. The molecule has 7 rings (SSSR count). The lowest BCUT2D eigenvalue weighted by Crippen LogP contribution is -2.61. The maximum Gasteiger partial charge on any atom is 0.287 e. The molecule has 2 aromatic rings. The van der Waals surface area contributed by atoms with Gasteiger partial charge in [0.25, 0.3) is 10.0 Å². The normalized spacial score (nSPS) is 30.6. The number of rotatable bonds is 7. The molecule has 2 aliphatic heterocycles. The van der Waals surface area contributed by atoms with Gasteiger partial charge in [0.1, 0.15) is 21.5 Å². The summed E-state index contributed by atoms with van der Waals surface area (Å²) in [6.45, 7) is -0.0150. The zero-order chi connectivity index (χ0) is 28.0. The molecule has 3 unspecified atom stereocenters. The highest BCUT2D eigenvalue weighted by Gasteiger charge is 2.60. The van der Waals surface area contributed by atoms with Gasteiger partial charge in [-0.25, -0.2) is 17.5 Å². The molecule has 10 nitrogen and oxygen atoms in total. The number of benzene rings is 1. The molecule has 1 saturated heterocycles. The molecule has 5 atom stereocenters. The number of piperidine rings is 1. The summed E-state index contributed by atoms with van der Waals surface area (Å²) < 4.78 is 71.2. The molecular weight excluding hydrogens is 580 g/mol. The van der Waals surface area contributed by atoms with Gasteiger partial charge in [-0.3, -0.25) is 9.59 Å². The molecule has 3 heterocycles. The molecule has 3 saturated carbocycles.